The minimum atomic E-state index is -3.28. The fourth-order valence-corrected chi connectivity index (χ4v) is 4.22. The number of nitrogens with zero attached hydrogens (tertiary/aromatic N) is 1. The molecule has 1 aromatic heterocycles. The highest BCUT2D eigenvalue weighted by atomic mass is 35.5. The lowest BCUT2D eigenvalue weighted by molar-refractivity contribution is 0.596. The van der Waals surface area contributed by atoms with E-state index in [2.05, 4.69) is 4.98 Å². The lowest BCUT2D eigenvalue weighted by Crippen LogP contribution is -2.02. The number of fused-ring (bicyclic) bond motifs is 1. The molecule has 2 rings (SSSR count). The second-order valence-corrected chi connectivity index (χ2v) is 7.44. The van der Waals surface area contributed by atoms with Gasteiger partial charge in [0.2, 0.25) is 14.2 Å². The van der Waals surface area contributed by atoms with Crippen molar-refractivity contribution < 1.29 is 8.42 Å². The third-order valence-electron chi connectivity index (χ3n) is 2.04. The average Bonchev–Trinajstić information content (AvgIpc) is 2.62. The van der Waals surface area contributed by atoms with Gasteiger partial charge in [-0.1, -0.05) is 30.1 Å². The first-order valence-corrected chi connectivity index (χ1v) is 7.65. The van der Waals surface area contributed by atoms with Crippen LogP contribution in [0.1, 0.15) is 6.92 Å². The van der Waals surface area contributed by atoms with E-state index in [1.807, 2.05) is 0 Å². The molecule has 0 amide bonds. The summed E-state index contributed by atoms with van der Waals surface area (Å²) in [6, 6.07) is 3.21. The van der Waals surface area contributed by atoms with Crippen molar-refractivity contribution >= 4 is 54.6 Å². The Morgan fingerprint density at radius 2 is 2.06 bits per heavy atom. The molecule has 0 atom stereocenters. The van der Waals surface area contributed by atoms with Crippen LogP contribution in [-0.4, -0.2) is 19.2 Å². The maximum Gasteiger partial charge on any atom is 0.210 e. The molecule has 0 spiro atoms. The van der Waals surface area contributed by atoms with Gasteiger partial charge in [-0.05, 0) is 12.1 Å². The molecule has 7 heteroatoms. The zero-order chi connectivity index (χ0) is 11.9. The number of rotatable bonds is 2. The van der Waals surface area contributed by atoms with Gasteiger partial charge in [0, 0.05) is 5.02 Å². The highest BCUT2D eigenvalue weighted by Crippen LogP contribution is 2.33. The van der Waals surface area contributed by atoms with Crippen LogP contribution in [0.25, 0.3) is 10.2 Å². The number of hydrogen-bond acceptors (Lipinski definition) is 4. The SMILES string of the molecule is CCS(=O)(=O)c1nc2c(Cl)cc(Cl)cc2s1. The molecule has 0 aliphatic carbocycles. The summed E-state index contributed by atoms with van der Waals surface area (Å²) in [6.07, 6.45) is 0. The minimum Gasteiger partial charge on any atom is -0.224 e. The van der Waals surface area contributed by atoms with E-state index in [0.29, 0.717) is 20.3 Å². The Morgan fingerprint density at radius 1 is 1.38 bits per heavy atom. The zero-order valence-corrected chi connectivity index (χ0v) is 11.3. The molecule has 0 aliphatic heterocycles. The molecule has 0 radical (unpaired) electrons. The molecule has 16 heavy (non-hydrogen) atoms. The molecule has 0 unspecified atom stereocenters. The van der Waals surface area contributed by atoms with E-state index < -0.39 is 9.84 Å². The Morgan fingerprint density at radius 3 is 2.69 bits per heavy atom. The number of halogens is 2. The molecule has 0 saturated heterocycles. The van der Waals surface area contributed by atoms with Crippen LogP contribution < -0.4 is 0 Å². The number of aromatic nitrogens is 1. The van der Waals surface area contributed by atoms with Crippen LogP contribution in [0.5, 0.6) is 0 Å². The third-order valence-corrected chi connectivity index (χ3v) is 5.74. The van der Waals surface area contributed by atoms with Crippen molar-refractivity contribution in [1.29, 1.82) is 0 Å². The van der Waals surface area contributed by atoms with E-state index in [0.717, 1.165) is 11.3 Å². The topological polar surface area (TPSA) is 47.0 Å². The van der Waals surface area contributed by atoms with Gasteiger partial charge in [-0.25, -0.2) is 13.4 Å². The van der Waals surface area contributed by atoms with Gasteiger partial charge in [-0.15, -0.1) is 11.3 Å². The zero-order valence-electron chi connectivity index (χ0n) is 8.20. The first kappa shape index (κ1) is 12.1. The highest BCUT2D eigenvalue weighted by Gasteiger charge is 2.18. The number of sulfone groups is 1. The lowest BCUT2D eigenvalue weighted by Gasteiger charge is -1.92. The molecule has 3 nitrogen and oxygen atoms in total. The van der Waals surface area contributed by atoms with Crippen LogP contribution in [0.2, 0.25) is 10.0 Å². The van der Waals surface area contributed by atoms with Crippen LogP contribution in [0.15, 0.2) is 16.5 Å². The van der Waals surface area contributed by atoms with E-state index >= 15 is 0 Å². The fourth-order valence-electron chi connectivity index (χ4n) is 1.19. The highest BCUT2D eigenvalue weighted by molar-refractivity contribution is 7.93. The van der Waals surface area contributed by atoms with Crippen molar-refractivity contribution in [3.05, 3.63) is 22.2 Å². The number of benzene rings is 1. The predicted octanol–water partition coefficient (Wildman–Crippen LogP) is 3.40. The first-order valence-electron chi connectivity index (χ1n) is 4.42. The van der Waals surface area contributed by atoms with Gasteiger partial charge in [0.25, 0.3) is 0 Å². The largest absolute Gasteiger partial charge is 0.224 e. The van der Waals surface area contributed by atoms with Gasteiger partial charge >= 0.3 is 0 Å². The quantitative estimate of drug-likeness (QED) is 0.853. The Balaban J connectivity index is 2.75. The second kappa shape index (κ2) is 4.14. The standard InChI is InChI=1S/C9H7Cl2NO2S2/c1-2-16(13,14)9-12-8-6(11)3-5(10)4-7(8)15-9/h3-4H,2H2,1H3. The van der Waals surface area contributed by atoms with E-state index in [-0.39, 0.29) is 10.1 Å². The third kappa shape index (κ3) is 2.05. The predicted molar refractivity (Wildman–Crippen MR) is 67.4 cm³/mol. The molecule has 0 aliphatic rings. The first-order chi connectivity index (χ1) is 7.44. The molecule has 0 fully saturated rings. The van der Waals surface area contributed by atoms with Crippen molar-refractivity contribution in [1.82, 2.24) is 4.98 Å². The van der Waals surface area contributed by atoms with Gasteiger partial charge in [-0.2, -0.15) is 0 Å². The smallest absolute Gasteiger partial charge is 0.210 e. The molecule has 1 aromatic carbocycles. The second-order valence-electron chi connectivity index (χ2n) is 3.12. The Kier molecular flexibility index (Phi) is 3.13. The molecule has 86 valence electrons. The number of hydrogen-bond donors (Lipinski definition) is 0. The average molecular weight is 296 g/mol. The molecule has 0 bridgehead atoms. The van der Waals surface area contributed by atoms with Crippen molar-refractivity contribution in [3.63, 3.8) is 0 Å². The molecule has 1 heterocycles. The van der Waals surface area contributed by atoms with Crippen molar-refractivity contribution in [2.45, 2.75) is 11.3 Å². The minimum absolute atomic E-state index is 0.0260. The molecular formula is C9H7Cl2NO2S2. The van der Waals surface area contributed by atoms with Gasteiger partial charge in [0.05, 0.1) is 15.5 Å². The van der Waals surface area contributed by atoms with Crippen LogP contribution in [0.4, 0.5) is 0 Å². The number of thiazole rings is 1. The molecular weight excluding hydrogens is 289 g/mol. The Labute approximate surface area is 107 Å². The molecule has 2 aromatic rings. The summed E-state index contributed by atoms with van der Waals surface area (Å²) in [5, 5.41) is 0.845. The summed E-state index contributed by atoms with van der Waals surface area (Å²) in [7, 11) is -3.28. The normalized spacial score (nSPS) is 12.2. The summed E-state index contributed by atoms with van der Waals surface area (Å²) in [4.78, 5) is 4.04. The van der Waals surface area contributed by atoms with E-state index in [1.165, 1.54) is 0 Å². The lowest BCUT2D eigenvalue weighted by atomic mass is 10.3. The van der Waals surface area contributed by atoms with E-state index in [4.69, 9.17) is 23.2 Å². The van der Waals surface area contributed by atoms with E-state index in [9.17, 15) is 8.42 Å². The summed E-state index contributed by atoms with van der Waals surface area (Å²) in [6.45, 7) is 1.58. The van der Waals surface area contributed by atoms with Crippen LogP contribution in [0.3, 0.4) is 0 Å². The molecule has 0 saturated carbocycles. The van der Waals surface area contributed by atoms with Gasteiger partial charge in [-0.3, -0.25) is 0 Å². The molecule has 0 N–H and O–H groups in total. The fraction of sp³-hybridized carbons (Fsp3) is 0.222. The van der Waals surface area contributed by atoms with E-state index in [1.54, 1.807) is 19.1 Å². The maximum absolute atomic E-state index is 11.6. The van der Waals surface area contributed by atoms with Crippen LogP contribution in [-0.2, 0) is 9.84 Å². The maximum atomic E-state index is 11.6. The van der Waals surface area contributed by atoms with Crippen LogP contribution >= 0.6 is 34.5 Å². The van der Waals surface area contributed by atoms with Crippen molar-refractivity contribution in [2.75, 3.05) is 5.75 Å². The van der Waals surface area contributed by atoms with Gasteiger partial charge in [0.15, 0.2) is 0 Å². The Bertz CT molecular complexity index is 649. The summed E-state index contributed by atoms with van der Waals surface area (Å²) >= 11 is 12.8. The van der Waals surface area contributed by atoms with Gasteiger partial charge < -0.3 is 0 Å². The van der Waals surface area contributed by atoms with Gasteiger partial charge in [0.1, 0.15) is 5.52 Å². The Hall–Kier alpha value is -0.360. The summed E-state index contributed by atoms with van der Waals surface area (Å²) in [5.74, 6) is 0.0260. The summed E-state index contributed by atoms with van der Waals surface area (Å²) < 4.78 is 24.1. The monoisotopic (exact) mass is 295 g/mol. The van der Waals surface area contributed by atoms with Crippen LogP contribution in [0, 0.1) is 0 Å². The van der Waals surface area contributed by atoms with Crippen molar-refractivity contribution in [3.8, 4) is 0 Å². The van der Waals surface area contributed by atoms with Crippen molar-refractivity contribution in [2.24, 2.45) is 0 Å². The summed E-state index contributed by atoms with van der Waals surface area (Å²) in [5.41, 5.74) is 0.489.